The Kier molecular flexibility index (Phi) is 26.3. The van der Waals surface area contributed by atoms with Gasteiger partial charge in [0.1, 0.15) is 0 Å². The van der Waals surface area contributed by atoms with Crippen molar-refractivity contribution in [2.45, 2.75) is 51.4 Å². The molecule has 37 heavy (non-hydrogen) atoms. The molecule has 1 saturated heterocycles. The van der Waals surface area contributed by atoms with Gasteiger partial charge in [-0.3, -0.25) is 0 Å². The van der Waals surface area contributed by atoms with Crippen molar-refractivity contribution in [2.24, 2.45) is 0 Å². The van der Waals surface area contributed by atoms with Gasteiger partial charge in [0.25, 0.3) is 0 Å². The predicted octanol–water partition coefficient (Wildman–Crippen LogP) is 3.08. The molecule has 1 aliphatic rings. The van der Waals surface area contributed by atoms with Gasteiger partial charge in [0.05, 0.1) is 0 Å². The molecule has 1 N–H and O–H groups in total. The average molecular weight is 546 g/mol. The molecule has 9 nitrogen and oxygen atoms in total. The van der Waals surface area contributed by atoms with Gasteiger partial charge in [-0.1, -0.05) is 0 Å². The predicted molar refractivity (Wildman–Crippen MR) is 122 cm³/mol. The summed E-state index contributed by atoms with van der Waals surface area (Å²) >= 11 is 3.18. The molecule has 0 saturated carbocycles. The van der Waals surface area contributed by atoms with E-state index in [2.05, 4.69) is 103 Å². The molecule has 2 aromatic rings. The van der Waals surface area contributed by atoms with Crippen molar-refractivity contribution in [3.05, 3.63) is 105 Å². The molecule has 2 atom stereocenters. The first-order chi connectivity index (χ1) is 17.9. The first-order valence-corrected chi connectivity index (χ1v) is 10.9. The van der Waals surface area contributed by atoms with Crippen molar-refractivity contribution in [3.63, 3.8) is 0 Å². The van der Waals surface area contributed by atoms with Gasteiger partial charge in [-0.15, -0.1) is 0 Å². The van der Waals surface area contributed by atoms with Crippen LogP contribution in [0.3, 0.4) is 0 Å². The minimum absolute atomic E-state index is 0.307. The van der Waals surface area contributed by atoms with Crippen LogP contribution >= 0.6 is 0 Å². The van der Waals surface area contributed by atoms with E-state index in [1.54, 1.807) is 0 Å². The van der Waals surface area contributed by atoms with E-state index in [-0.39, 0.29) is 6.10 Å². The quantitative estimate of drug-likeness (QED) is 0.402. The van der Waals surface area contributed by atoms with Crippen molar-refractivity contribution >= 4 is 4.50 Å². The third-order valence-corrected chi connectivity index (χ3v) is 5.29. The van der Waals surface area contributed by atoms with Gasteiger partial charge in [0, 0.05) is 0 Å². The number of nitrogens with zero attached hydrogens (tertiary/aromatic N) is 1. The van der Waals surface area contributed by atoms with Crippen LogP contribution in [0.25, 0.3) is 0 Å². The van der Waals surface area contributed by atoms with Crippen LogP contribution in [-0.4, -0.2) is 39.1 Å². The number of ether oxygens (including phenoxy) is 2. The zero-order valence-corrected chi connectivity index (χ0v) is 21.7. The van der Waals surface area contributed by atoms with E-state index in [1.807, 2.05) is 26.0 Å². The summed E-state index contributed by atoms with van der Waals surface area (Å²) < 4.78 is 49.9. The van der Waals surface area contributed by atoms with Crippen LogP contribution in [0.5, 0.6) is 0 Å². The van der Waals surface area contributed by atoms with E-state index in [0.29, 0.717) is 13.0 Å². The minimum atomic E-state index is -0.628. The fraction of sp³-hybridized carbons (Fsp3) is 0.333. The van der Waals surface area contributed by atoms with Gasteiger partial charge in [-0.05, 0) is 0 Å². The topological polar surface area (TPSA) is 141 Å². The van der Waals surface area contributed by atoms with Crippen LogP contribution in [0.15, 0.2) is 60.7 Å². The summed E-state index contributed by atoms with van der Waals surface area (Å²) in [6.07, 6.45) is -0.417. The summed E-state index contributed by atoms with van der Waals surface area (Å²) in [5.74, 6) is -0.628. The molecule has 0 aliphatic carbocycles. The van der Waals surface area contributed by atoms with Crippen molar-refractivity contribution < 1.29 is 53.7 Å². The van der Waals surface area contributed by atoms with Crippen LogP contribution < -0.4 is 0 Å². The maximum absolute atomic E-state index is 10.7. The average Bonchev–Trinajstić information content (AvgIpc) is 3.34. The zero-order chi connectivity index (χ0) is 29.3. The number of aliphatic hydroxyl groups excluding tert-OH is 1. The SMILES string of the molecule is CC1(C)OC[C@H](C(O)C[C](=[Cr])N(Cc2ccccc2)Cc2ccccc2)O1.[C-]#[O+].[C-]#[O+].[C-]#[O+].[C-]#[O+].[C-]#[O+]. The maximum atomic E-state index is 10.7. The van der Waals surface area contributed by atoms with E-state index < -0.39 is 11.9 Å². The van der Waals surface area contributed by atoms with Crippen molar-refractivity contribution in [1.29, 1.82) is 0 Å². The summed E-state index contributed by atoms with van der Waals surface area (Å²) in [7, 11) is 0. The number of hydrogen-bond donors (Lipinski definition) is 1. The fourth-order valence-corrected chi connectivity index (χ4v) is 3.65. The van der Waals surface area contributed by atoms with Crippen molar-refractivity contribution in [3.8, 4) is 0 Å². The summed E-state index contributed by atoms with van der Waals surface area (Å²) in [6, 6.07) is 20.7. The van der Waals surface area contributed by atoms with Gasteiger partial charge in [-0.25, -0.2) is 0 Å². The number of rotatable bonds is 8. The summed E-state index contributed by atoms with van der Waals surface area (Å²) in [5.41, 5.74) is 2.47. The Balaban J connectivity index is -0.00000103. The normalized spacial score (nSPS) is 14.8. The van der Waals surface area contributed by atoms with Crippen molar-refractivity contribution in [1.82, 2.24) is 4.90 Å². The Morgan fingerprint density at radius 2 is 1.24 bits per heavy atom. The molecule has 0 bridgehead atoms. The third kappa shape index (κ3) is 16.7. The molecule has 0 amide bonds. The number of aliphatic hydroxyl groups is 1. The molecule has 10 heteroatoms. The van der Waals surface area contributed by atoms with Gasteiger partial charge in [0.2, 0.25) is 0 Å². The zero-order valence-electron chi connectivity index (χ0n) is 20.4. The van der Waals surface area contributed by atoms with Crippen LogP contribution in [0.4, 0.5) is 0 Å². The number of benzene rings is 2. The Labute approximate surface area is 225 Å². The van der Waals surface area contributed by atoms with Gasteiger partial charge in [-0.2, -0.15) is 0 Å². The fourth-order valence-electron chi connectivity index (χ4n) is 3.18. The second kappa shape index (κ2) is 25.0. The van der Waals surface area contributed by atoms with E-state index in [1.165, 1.54) is 11.1 Å². The molecule has 194 valence electrons. The van der Waals surface area contributed by atoms with Crippen LogP contribution in [0, 0.1) is 33.3 Å². The Hall–Kier alpha value is -2.62. The molecule has 0 radical (unpaired) electrons. The molecular formula is C27H27CrNO8. The number of hydrogen-bond acceptors (Lipinski definition) is 4. The molecule has 2 aromatic carbocycles. The van der Waals surface area contributed by atoms with Crippen LogP contribution in [0.1, 0.15) is 31.4 Å². The molecule has 0 spiro atoms. The van der Waals surface area contributed by atoms with Crippen LogP contribution in [-0.2, 0) is 61.7 Å². The van der Waals surface area contributed by atoms with E-state index >= 15 is 0 Å². The van der Waals surface area contributed by atoms with E-state index in [9.17, 15) is 5.11 Å². The van der Waals surface area contributed by atoms with Crippen molar-refractivity contribution in [2.75, 3.05) is 6.61 Å². The van der Waals surface area contributed by atoms with Gasteiger partial charge in [0.15, 0.2) is 0 Å². The summed E-state index contributed by atoms with van der Waals surface area (Å²) in [4.78, 5) is 2.27. The molecule has 3 rings (SSSR count). The summed E-state index contributed by atoms with van der Waals surface area (Å²) in [5, 5.41) is 10.7. The Bertz CT molecular complexity index is 879. The first kappa shape index (κ1) is 38.9. The Morgan fingerprint density at radius 3 is 1.57 bits per heavy atom. The monoisotopic (exact) mass is 545 g/mol. The summed E-state index contributed by atoms with van der Waals surface area (Å²) in [6.45, 7) is 28.2. The Morgan fingerprint density at radius 1 is 0.865 bits per heavy atom. The third-order valence-electron chi connectivity index (χ3n) is 4.63. The van der Waals surface area contributed by atoms with Crippen LogP contribution in [0.2, 0.25) is 0 Å². The van der Waals surface area contributed by atoms with Gasteiger partial charge >= 0.3 is 226 Å². The van der Waals surface area contributed by atoms with E-state index in [4.69, 9.17) is 32.7 Å². The second-order valence-corrected chi connectivity index (χ2v) is 8.10. The first-order valence-electron chi connectivity index (χ1n) is 10.3. The molecule has 1 aliphatic heterocycles. The second-order valence-electron chi connectivity index (χ2n) is 7.36. The molecule has 1 unspecified atom stereocenters. The molecule has 1 heterocycles. The standard InChI is InChI=1S/C22H27NO3.5CO.Cr/c1-22(2)25-17-21(26-22)20(24)13-14-23(15-18-9-5-3-6-10-18)16-19-11-7-4-8-12-19;5*1-2;/h3-12,20-21,24H,13,15-17H2,1-2H3;;;;;;/t20?,21-;;;;;;/m1....../s1. The molecular weight excluding hydrogens is 518 g/mol. The van der Waals surface area contributed by atoms with E-state index in [0.717, 1.165) is 17.6 Å². The van der Waals surface area contributed by atoms with Gasteiger partial charge < -0.3 is 0 Å². The molecule has 0 aromatic heterocycles. The molecule has 1 fully saturated rings.